The van der Waals surface area contributed by atoms with E-state index in [2.05, 4.69) is 6.07 Å². The summed E-state index contributed by atoms with van der Waals surface area (Å²) in [5.74, 6) is 0.587. The van der Waals surface area contributed by atoms with Gasteiger partial charge in [-0.25, -0.2) is 0 Å². The molecule has 0 heterocycles. The zero-order valence-electron chi connectivity index (χ0n) is 7.75. The summed E-state index contributed by atoms with van der Waals surface area (Å²) in [5.41, 5.74) is -0.769. The molecule has 2 bridgehead atoms. The van der Waals surface area contributed by atoms with Crippen LogP contribution in [0.25, 0.3) is 0 Å². The Bertz CT molecular complexity index is 281. The van der Waals surface area contributed by atoms with Gasteiger partial charge in [-0.1, -0.05) is 0 Å². The number of ether oxygens (including phenoxy) is 1. The van der Waals surface area contributed by atoms with Crippen molar-refractivity contribution >= 4 is 5.97 Å². The number of carbonyl (C=O) groups is 1. The minimum atomic E-state index is -0.769. The van der Waals surface area contributed by atoms with Gasteiger partial charge in [-0.2, -0.15) is 5.26 Å². The van der Waals surface area contributed by atoms with E-state index in [0.29, 0.717) is 11.8 Å². The van der Waals surface area contributed by atoms with Crippen LogP contribution in [0.3, 0.4) is 0 Å². The molecule has 0 amide bonds. The molecule has 3 nitrogen and oxygen atoms in total. The van der Waals surface area contributed by atoms with Crippen LogP contribution in [0, 0.1) is 23.2 Å². The van der Waals surface area contributed by atoms with E-state index in [4.69, 9.17) is 10.00 Å². The number of hydrogen-bond donors (Lipinski definition) is 0. The van der Waals surface area contributed by atoms with Crippen molar-refractivity contribution in [3.05, 3.63) is 0 Å². The molecular weight excluding hydrogens is 166 g/mol. The Labute approximate surface area is 77.7 Å². The van der Waals surface area contributed by atoms with Crippen molar-refractivity contribution in [1.82, 2.24) is 0 Å². The molecule has 2 fully saturated rings. The van der Waals surface area contributed by atoms with Gasteiger partial charge >= 0.3 is 5.97 Å². The normalized spacial score (nSPS) is 41.5. The molecule has 3 unspecified atom stereocenters. The molecule has 13 heavy (non-hydrogen) atoms. The highest BCUT2D eigenvalue weighted by molar-refractivity contribution is 5.67. The Balaban J connectivity index is 2.18. The van der Waals surface area contributed by atoms with Gasteiger partial charge in [0.25, 0.3) is 0 Å². The van der Waals surface area contributed by atoms with E-state index in [1.807, 2.05) is 0 Å². The molecule has 3 atom stereocenters. The van der Waals surface area contributed by atoms with Crippen LogP contribution in [0.2, 0.25) is 0 Å². The summed E-state index contributed by atoms with van der Waals surface area (Å²) in [5, 5.41) is 9.06. The molecule has 70 valence electrons. The minimum absolute atomic E-state index is 0.298. The average molecular weight is 179 g/mol. The molecule has 0 aromatic heterocycles. The first-order chi connectivity index (χ1) is 6.16. The number of nitriles is 1. The van der Waals surface area contributed by atoms with E-state index in [-0.39, 0.29) is 5.97 Å². The van der Waals surface area contributed by atoms with Gasteiger partial charge in [0.2, 0.25) is 0 Å². The number of hydrogen-bond acceptors (Lipinski definition) is 3. The van der Waals surface area contributed by atoms with E-state index < -0.39 is 5.60 Å². The monoisotopic (exact) mass is 179 g/mol. The van der Waals surface area contributed by atoms with E-state index in [1.165, 1.54) is 13.3 Å². The van der Waals surface area contributed by atoms with Crippen LogP contribution in [-0.2, 0) is 9.53 Å². The molecule has 2 rings (SSSR count). The first-order valence-electron chi connectivity index (χ1n) is 4.77. The smallest absolute Gasteiger partial charge is 0.304 e. The Hall–Kier alpha value is -1.04. The SMILES string of the molecule is CC(=O)OC1(C#N)CC2CCC1C2. The van der Waals surface area contributed by atoms with Gasteiger partial charge in [0, 0.05) is 19.3 Å². The summed E-state index contributed by atoms with van der Waals surface area (Å²) in [4.78, 5) is 10.9. The molecule has 0 saturated heterocycles. The molecule has 2 aliphatic rings. The first-order valence-corrected chi connectivity index (χ1v) is 4.77. The molecule has 0 spiro atoms. The van der Waals surface area contributed by atoms with Crippen molar-refractivity contribution in [2.75, 3.05) is 0 Å². The van der Waals surface area contributed by atoms with Crippen molar-refractivity contribution in [3.63, 3.8) is 0 Å². The third kappa shape index (κ3) is 1.21. The Morgan fingerprint density at radius 3 is 2.77 bits per heavy atom. The molecule has 2 aliphatic carbocycles. The summed E-state index contributed by atoms with van der Waals surface area (Å²) in [6.07, 6.45) is 4.08. The second-order valence-corrected chi connectivity index (χ2v) is 4.18. The maximum atomic E-state index is 10.9. The molecule has 0 N–H and O–H groups in total. The van der Waals surface area contributed by atoms with Gasteiger partial charge in [0.1, 0.15) is 6.07 Å². The second-order valence-electron chi connectivity index (χ2n) is 4.18. The third-order valence-corrected chi connectivity index (χ3v) is 3.31. The molecule has 0 aromatic carbocycles. The summed E-state index contributed by atoms with van der Waals surface area (Å²) in [7, 11) is 0. The third-order valence-electron chi connectivity index (χ3n) is 3.31. The lowest BCUT2D eigenvalue weighted by molar-refractivity contribution is -0.155. The lowest BCUT2D eigenvalue weighted by atomic mass is 9.85. The standard InChI is InChI=1S/C10H13NO2/c1-7(12)13-10(6-11)5-8-2-3-9(10)4-8/h8-9H,2-5H2,1H3. The fourth-order valence-corrected chi connectivity index (χ4v) is 2.82. The van der Waals surface area contributed by atoms with Crippen LogP contribution in [0.15, 0.2) is 0 Å². The van der Waals surface area contributed by atoms with Gasteiger partial charge in [0.15, 0.2) is 5.60 Å². The summed E-state index contributed by atoms with van der Waals surface area (Å²) in [6.45, 7) is 1.38. The van der Waals surface area contributed by atoms with E-state index >= 15 is 0 Å². The molecule has 3 heteroatoms. The van der Waals surface area contributed by atoms with E-state index in [0.717, 1.165) is 19.3 Å². The van der Waals surface area contributed by atoms with Gasteiger partial charge in [-0.15, -0.1) is 0 Å². The quantitative estimate of drug-likeness (QED) is 0.575. The number of carbonyl (C=O) groups excluding carboxylic acids is 1. The summed E-state index contributed by atoms with van der Waals surface area (Å²) in [6, 6.07) is 2.20. The van der Waals surface area contributed by atoms with Crippen LogP contribution in [0.4, 0.5) is 0 Å². The predicted octanol–water partition coefficient (Wildman–Crippen LogP) is 1.63. The molecule has 2 saturated carbocycles. The second kappa shape index (κ2) is 2.73. The van der Waals surface area contributed by atoms with Gasteiger partial charge in [-0.3, -0.25) is 4.79 Å². The van der Waals surface area contributed by atoms with Gasteiger partial charge in [-0.05, 0) is 25.2 Å². The zero-order valence-corrected chi connectivity index (χ0v) is 7.75. The topological polar surface area (TPSA) is 50.1 Å². The minimum Gasteiger partial charge on any atom is -0.443 e. The van der Waals surface area contributed by atoms with E-state index in [1.54, 1.807) is 0 Å². The number of nitrogens with zero attached hydrogens (tertiary/aromatic N) is 1. The molecule has 0 aromatic rings. The largest absolute Gasteiger partial charge is 0.443 e. The van der Waals surface area contributed by atoms with Gasteiger partial charge < -0.3 is 4.74 Å². The fourth-order valence-electron chi connectivity index (χ4n) is 2.82. The lowest BCUT2D eigenvalue weighted by Crippen LogP contribution is -2.38. The Morgan fingerprint density at radius 1 is 1.62 bits per heavy atom. The predicted molar refractivity (Wildman–Crippen MR) is 45.6 cm³/mol. The number of fused-ring (bicyclic) bond motifs is 2. The summed E-state index contributed by atoms with van der Waals surface area (Å²) < 4.78 is 5.18. The molecule has 0 aliphatic heterocycles. The maximum Gasteiger partial charge on any atom is 0.304 e. The van der Waals surface area contributed by atoms with Crippen LogP contribution < -0.4 is 0 Å². The van der Waals surface area contributed by atoms with Crippen LogP contribution in [0.1, 0.15) is 32.6 Å². The van der Waals surface area contributed by atoms with Crippen LogP contribution >= 0.6 is 0 Å². The zero-order chi connectivity index (χ0) is 9.47. The number of esters is 1. The highest BCUT2D eigenvalue weighted by Crippen LogP contribution is 2.52. The van der Waals surface area contributed by atoms with E-state index in [9.17, 15) is 4.79 Å². The van der Waals surface area contributed by atoms with Crippen LogP contribution in [0.5, 0.6) is 0 Å². The molecular formula is C10H13NO2. The van der Waals surface area contributed by atoms with Crippen molar-refractivity contribution < 1.29 is 9.53 Å². The fraction of sp³-hybridized carbons (Fsp3) is 0.800. The highest BCUT2D eigenvalue weighted by atomic mass is 16.6. The first kappa shape index (κ1) is 8.55. The van der Waals surface area contributed by atoms with Crippen molar-refractivity contribution in [2.45, 2.75) is 38.2 Å². The van der Waals surface area contributed by atoms with Crippen molar-refractivity contribution in [1.29, 1.82) is 5.26 Å². The number of rotatable bonds is 1. The van der Waals surface area contributed by atoms with Gasteiger partial charge in [0.05, 0.1) is 0 Å². The maximum absolute atomic E-state index is 10.9. The Kier molecular flexibility index (Phi) is 1.80. The Morgan fingerprint density at radius 2 is 2.38 bits per heavy atom. The lowest BCUT2D eigenvalue weighted by Gasteiger charge is -2.29. The van der Waals surface area contributed by atoms with Crippen molar-refractivity contribution in [2.24, 2.45) is 11.8 Å². The molecule has 0 radical (unpaired) electrons. The van der Waals surface area contributed by atoms with Crippen LogP contribution in [-0.4, -0.2) is 11.6 Å². The summed E-state index contributed by atoms with van der Waals surface area (Å²) >= 11 is 0. The van der Waals surface area contributed by atoms with Crippen molar-refractivity contribution in [3.8, 4) is 6.07 Å². The highest BCUT2D eigenvalue weighted by Gasteiger charge is 2.54. The average Bonchev–Trinajstić information content (AvgIpc) is 2.62.